The number of hydrogen-bond acceptors (Lipinski definition) is 15. The van der Waals surface area contributed by atoms with Gasteiger partial charge in [-0.1, -0.05) is 6.07 Å². The van der Waals surface area contributed by atoms with Crippen LogP contribution in [0.15, 0.2) is 77.9 Å². The van der Waals surface area contributed by atoms with Gasteiger partial charge in [0.05, 0.1) is 52.2 Å². The highest BCUT2D eigenvalue weighted by molar-refractivity contribution is 9.10. The van der Waals surface area contributed by atoms with Crippen LogP contribution in [0.4, 0.5) is 38.9 Å². The Balaban J connectivity index is 0.847. The first kappa shape index (κ1) is 46.6. The highest BCUT2D eigenvalue weighted by atomic mass is 79.9. The number of piperazine rings is 1. The number of fused-ring (bicyclic) bond motifs is 1. The molecule has 3 aromatic heterocycles. The van der Waals surface area contributed by atoms with E-state index in [0.717, 1.165) is 35.2 Å². The molecule has 3 amide bonds. The summed E-state index contributed by atoms with van der Waals surface area (Å²) in [5.41, 5.74) is 6.29. The fourth-order valence-electron chi connectivity index (χ4n) is 9.15. The van der Waals surface area contributed by atoms with Crippen molar-refractivity contribution in [2.75, 3.05) is 87.1 Å². The zero-order valence-corrected chi connectivity index (χ0v) is 40.6. The number of benzene rings is 3. The van der Waals surface area contributed by atoms with Gasteiger partial charge in [0.15, 0.2) is 0 Å². The average molecular weight is 1010 g/mol. The molecule has 3 aromatic carbocycles. The Labute approximate surface area is 401 Å². The van der Waals surface area contributed by atoms with Crippen LogP contribution < -0.4 is 36.2 Å². The molecular weight excluding hydrogens is 956 g/mol. The van der Waals surface area contributed by atoms with Crippen LogP contribution in [0, 0.1) is 5.82 Å². The first-order valence-electron chi connectivity index (χ1n) is 22.4. The standard InChI is InChI=1S/C47H52BrFN13O5P/c1-59-26-30(24-53-59)31-22-38(56-47-52-25-32(48)45(58-47)55-36-8-7-35-43(51-14-13-50-35)44(36)68(3,4)66)40(67-2)23-39(31)61-17-19-62(20-18-61)42(64)27-60-15-11-28(12-16-60)29-5-6-34(33(49)21-29)54-37-9-10-41(63)57-46(37)65/h5-8,13-14,21-26,28,37,54H,9-12,15-20,27H2,1-4H3,(H,57,63,65)(H2,52,55,56,58). The second-order valence-corrected chi connectivity index (χ2v) is 21.7. The summed E-state index contributed by atoms with van der Waals surface area (Å²) in [6, 6.07) is 12.1. The lowest BCUT2D eigenvalue weighted by molar-refractivity contribution is -0.134. The van der Waals surface area contributed by atoms with Crippen molar-refractivity contribution < 1.29 is 28.1 Å². The Kier molecular flexibility index (Phi) is 13.4. The lowest BCUT2D eigenvalue weighted by Gasteiger charge is -2.39. The quantitative estimate of drug-likeness (QED) is 0.0750. The number of methoxy groups -OCH3 is 1. The molecule has 0 aliphatic carbocycles. The van der Waals surface area contributed by atoms with Gasteiger partial charge in [-0.3, -0.25) is 39.3 Å². The summed E-state index contributed by atoms with van der Waals surface area (Å²) in [6.45, 7) is 7.45. The van der Waals surface area contributed by atoms with E-state index in [1.807, 2.05) is 54.7 Å². The van der Waals surface area contributed by atoms with Crippen LogP contribution in [0.3, 0.4) is 0 Å². The molecule has 1 unspecified atom stereocenters. The summed E-state index contributed by atoms with van der Waals surface area (Å²) in [6.07, 6.45) is 10.7. The summed E-state index contributed by atoms with van der Waals surface area (Å²) >= 11 is 3.58. The van der Waals surface area contributed by atoms with Gasteiger partial charge in [-0.25, -0.2) is 9.37 Å². The minimum absolute atomic E-state index is 0.0786. The van der Waals surface area contributed by atoms with Gasteiger partial charge < -0.3 is 35.1 Å². The van der Waals surface area contributed by atoms with Gasteiger partial charge in [-0.15, -0.1) is 0 Å². The Morgan fingerprint density at radius 1 is 0.926 bits per heavy atom. The molecule has 0 bridgehead atoms. The zero-order chi connectivity index (χ0) is 47.7. The number of nitrogens with zero attached hydrogens (tertiary/aromatic N) is 9. The van der Waals surface area contributed by atoms with Gasteiger partial charge in [0.25, 0.3) is 0 Å². The van der Waals surface area contributed by atoms with Crippen LogP contribution in [-0.2, 0) is 26.0 Å². The smallest absolute Gasteiger partial charge is 0.249 e. The number of likely N-dealkylation sites (tertiary alicyclic amines) is 1. The predicted molar refractivity (Wildman–Crippen MR) is 264 cm³/mol. The fourth-order valence-corrected chi connectivity index (χ4v) is 10.8. The number of carbonyl (C=O) groups excluding carboxylic acids is 3. The van der Waals surface area contributed by atoms with Crippen molar-refractivity contribution in [2.24, 2.45) is 7.05 Å². The zero-order valence-electron chi connectivity index (χ0n) is 38.1. The molecule has 4 N–H and O–H groups in total. The Morgan fingerprint density at radius 2 is 1.69 bits per heavy atom. The van der Waals surface area contributed by atoms with Crippen molar-refractivity contribution in [1.29, 1.82) is 0 Å². The van der Waals surface area contributed by atoms with Crippen molar-refractivity contribution in [3.63, 3.8) is 0 Å². The number of amides is 3. The molecular formula is C47H52BrFN13O5P. The maximum absolute atomic E-state index is 15.2. The number of nitrogens with one attached hydrogen (secondary N) is 4. The number of imide groups is 1. The van der Waals surface area contributed by atoms with Gasteiger partial charge in [-0.05, 0) is 103 Å². The fraction of sp³-hybridized carbons (Fsp3) is 0.362. The van der Waals surface area contributed by atoms with Gasteiger partial charge in [0, 0.05) is 87.3 Å². The monoisotopic (exact) mass is 1010 g/mol. The third-order valence-corrected chi connectivity index (χ3v) is 14.8. The van der Waals surface area contributed by atoms with E-state index in [-0.39, 0.29) is 35.8 Å². The van der Waals surface area contributed by atoms with E-state index in [0.29, 0.717) is 96.0 Å². The number of aromatic nitrogens is 6. The Bertz CT molecular complexity index is 2950. The molecule has 1 atom stereocenters. The second-order valence-electron chi connectivity index (χ2n) is 17.7. The minimum atomic E-state index is -2.83. The highest BCUT2D eigenvalue weighted by Gasteiger charge is 2.30. The number of carbonyl (C=O) groups is 3. The Hall–Kier alpha value is -6.50. The van der Waals surface area contributed by atoms with Gasteiger partial charge in [0.2, 0.25) is 23.7 Å². The third kappa shape index (κ3) is 10.2. The van der Waals surface area contributed by atoms with Crippen molar-refractivity contribution in [3.8, 4) is 16.9 Å². The molecule has 6 heterocycles. The summed E-state index contributed by atoms with van der Waals surface area (Å²) < 4.78 is 37.1. The topological polar surface area (TPSA) is 205 Å². The second kappa shape index (κ2) is 19.6. The molecule has 18 nitrogen and oxygen atoms in total. The Morgan fingerprint density at radius 3 is 2.40 bits per heavy atom. The first-order valence-corrected chi connectivity index (χ1v) is 25.8. The van der Waals surface area contributed by atoms with Crippen LogP contribution >= 0.6 is 23.1 Å². The number of piperidine rings is 2. The van der Waals surface area contributed by atoms with Crippen LogP contribution in [-0.4, -0.2) is 130 Å². The van der Waals surface area contributed by atoms with Crippen LogP contribution in [0.2, 0.25) is 0 Å². The normalized spacial score (nSPS) is 17.3. The summed E-state index contributed by atoms with van der Waals surface area (Å²) in [7, 11) is 0.653. The van der Waals surface area contributed by atoms with E-state index in [1.54, 1.807) is 49.8 Å². The van der Waals surface area contributed by atoms with E-state index < -0.39 is 24.9 Å². The number of hydrogen-bond donors (Lipinski definition) is 4. The van der Waals surface area contributed by atoms with E-state index in [9.17, 15) is 18.9 Å². The molecule has 3 aliphatic rings. The summed E-state index contributed by atoms with van der Waals surface area (Å²) in [5, 5.41) is 17.0. The molecule has 21 heteroatoms. The van der Waals surface area contributed by atoms with Crippen molar-refractivity contribution >= 4 is 91.6 Å². The third-order valence-electron chi connectivity index (χ3n) is 12.7. The molecule has 3 saturated heterocycles. The van der Waals surface area contributed by atoms with Gasteiger partial charge in [0.1, 0.15) is 36.1 Å². The summed E-state index contributed by atoms with van der Waals surface area (Å²) in [4.78, 5) is 62.0. The highest BCUT2D eigenvalue weighted by Crippen LogP contribution is 2.43. The number of rotatable bonds is 13. The minimum Gasteiger partial charge on any atom is -0.494 e. The molecule has 9 rings (SSSR count). The van der Waals surface area contributed by atoms with Crippen molar-refractivity contribution in [1.82, 2.24) is 44.8 Å². The maximum atomic E-state index is 15.2. The van der Waals surface area contributed by atoms with Gasteiger partial charge in [-0.2, -0.15) is 10.1 Å². The summed E-state index contributed by atoms with van der Waals surface area (Å²) in [5.74, 6) is 0.333. The average Bonchev–Trinajstić information content (AvgIpc) is 3.77. The predicted octanol–water partition coefficient (Wildman–Crippen LogP) is 6.21. The lowest BCUT2D eigenvalue weighted by Crippen LogP contribution is -2.52. The van der Waals surface area contributed by atoms with Crippen LogP contribution in [0.5, 0.6) is 5.75 Å². The molecule has 6 aromatic rings. The molecule has 0 spiro atoms. The largest absolute Gasteiger partial charge is 0.494 e. The first-order chi connectivity index (χ1) is 32.7. The van der Waals surface area contributed by atoms with E-state index in [2.05, 4.69) is 67.0 Å². The maximum Gasteiger partial charge on any atom is 0.249 e. The van der Waals surface area contributed by atoms with Gasteiger partial charge >= 0.3 is 0 Å². The van der Waals surface area contributed by atoms with Crippen molar-refractivity contribution in [2.45, 2.75) is 37.6 Å². The number of halogens is 2. The van der Waals surface area contributed by atoms with Crippen LogP contribution in [0.25, 0.3) is 22.2 Å². The SMILES string of the molecule is COc1cc(N2CCN(C(=O)CN3CCC(c4ccc(NC5CCC(=O)NC5=O)c(F)c4)CC3)CC2)c(-c2cnn(C)c2)cc1Nc1ncc(Br)c(Nc2ccc3nccnc3c2P(C)(C)=O)n1. The molecule has 0 saturated carbocycles. The number of ether oxygens (including phenoxy) is 1. The lowest BCUT2D eigenvalue weighted by atomic mass is 9.89. The van der Waals surface area contributed by atoms with Crippen LogP contribution in [0.1, 0.15) is 37.2 Å². The number of anilines is 6. The molecule has 3 aliphatic heterocycles. The molecule has 3 fully saturated rings. The van der Waals surface area contributed by atoms with E-state index in [1.165, 1.54) is 6.07 Å². The van der Waals surface area contributed by atoms with Crippen molar-refractivity contribution in [3.05, 3.63) is 89.3 Å². The molecule has 354 valence electrons. The molecule has 0 radical (unpaired) electrons. The molecule has 68 heavy (non-hydrogen) atoms. The van der Waals surface area contributed by atoms with E-state index >= 15 is 4.39 Å². The van der Waals surface area contributed by atoms with E-state index in [4.69, 9.17) is 9.72 Å². The number of aryl methyl sites for hydroxylation is 1.